The van der Waals surface area contributed by atoms with Crippen LogP contribution in [0.2, 0.25) is 0 Å². The highest BCUT2D eigenvalue weighted by atomic mass is 16.5. The number of nitrogens with one attached hydrogen (secondary N) is 1. The van der Waals surface area contributed by atoms with Gasteiger partial charge in [-0.3, -0.25) is 9.59 Å². The molecular weight excluding hydrogens is 368 g/mol. The minimum Gasteiger partial charge on any atom is -0.497 e. The Balaban J connectivity index is 1.50. The largest absolute Gasteiger partial charge is 0.497 e. The van der Waals surface area contributed by atoms with Crippen molar-refractivity contribution in [2.45, 2.75) is 26.2 Å². The van der Waals surface area contributed by atoms with E-state index in [1.54, 1.807) is 7.11 Å². The first-order chi connectivity index (χ1) is 14.1. The van der Waals surface area contributed by atoms with Gasteiger partial charge in [-0.2, -0.15) is 0 Å². The minimum absolute atomic E-state index is 0.0144. The van der Waals surface area contributed by atoms with Gasteiger partial charge in [-0.05, 0) is 49.6 Å². The predicted octanol–water partition coefficient (Wildman–Crippen LogP) is 3.51. The summed E-state index contributed by atoms with van der Waals surface area (Å²) < 4.78 is 10.7. The fourth-order valence-electron chi connectivity index (χ4n) is 3.51. The quantitative estimate of drug-likeness (QED) is 0.778. The molecule has 1 heterocycles. The maximum atomic E-state index is 12.7. The number of nitrogens with zero attached hydrogens (tertiary/aromatic N) is 1. The van der Waals surface area contributed by atoms with Crippen LogP contribution in [0.15, 0.2) is 48.5 Å². The number of amides is 2. The lowest BCUT2D eigenvalue weighted by Crippen LogP contribution is -2.42. The van der Waals surface area contributed by atoms with Crippen LogP contribution >= 0.6 is 0 Å². The summed E-state index contributed by atoms with van der Waals surface area (Å²) in [6.07, 6.45) is 1.69. The summed E-state index contributed by atoms with van der Waals surface area (Å²) >= 11 is 0. The van der Waals surface area contributed by atoms with Crippen molar-refractivity contribution in [1.82, 2.24) is 4.90 Å². The molecule has 3 rings (SSSR count). The van der Waals surface area contributed by atoms with Crippen LogP contribution in [0.4, 0.5) is 5.69 Å². The Morgan fingerprint density at radius 3 is 2.41 bits per heavy atom. The van der Waals surface area contributed by atoms with E-state index in [0.717, 1.165) is 11.3 Å². The zero-order chi connectivity index (χ0) is 20.6. The molecule has 1 saturated heterocycles. The van der Waals surface area contributed by atoms with Crippen LogP contribution in [-0.2, 0) is 16.0 Å². The Bertz CT molecular complexity index is 827. The predicted molar refractivity (Wildman–Crippen MR) is 112 cm³/mol. The molecule has 2 aromatic rings. The summed E-state index contributed by atoms with van der Waals surface area (Å²) in [4.78, 5) is 27.1. The van der Waals surface area contributed by atoms with Gasteiger partial charge in [0.2, 0.25) is 11.8 Å². The first-order valence-corrected chi connectivity index (χ1v) is 10.0. The van der Waals surface area contributed by atoms with Crippen LogP contribution in [-0.4, -0.2) is 43.5 Å². The van der Waals surface area contributed by atoms with Crippen LogP contribution in [0.1, 0.15) is 25.3 Å². The van der Waals surface area contributed by atoms with Crippen molar-refractivity contribution in [2.24, 2.45) is 5.92 Å². The number of rotatable bonds is 7. The van der Waals surface area contributed by atoms with Crippen molar-refractivity contribution in [3.05, 3.63) is 54.1 Å². The van der Waals surface area contributed by atoms with E-state index >= 15 is 0 Å². The van der Waals surface area contributed by atoms with E-state index in [1.165, 1.54) is 0 Å². The molecule has 0 spiro atoms. The van der Waals surface area contributed by atoms with E-state index in [-0.39, 0.29) is 17.7 Å². The van der Waals surface area contributed by atoms with Gasteiger partial charge in [-0.25, -0.2) is 0 Å². The average molecular weight is 396 g/mol. The number of para-hydroxylation sites is 2. The van der Waals surface area contributed by atoms with Gasteiger partial charge >= 0.3 is 0 Å². The molecule has 0 atom stereocenters. The summed E-state index contributed by atoms with van der Waals surface area (Å²) in [6, 6.07) is 15.0. The number of anilines is 1. The van der Waals surface area contributed by atoms with E-state index in [9.17, 15) is 9.59 Å². The topological polar surface area (TPSA) is 67.9 Å². The molecule has 1 aliphatic rings. The van der Waals surface area contributed by atoms with Gasteiger partial charge in [-0.15, -0.1) is 0 Å². The number of hydrogen-bond acceptors (Lipinski definition) is 4. The molecule has 6 heteroatoms. The van der Waals surface area contributed by atoms with Gasteiger partial charge in [0.1, 0.15) is 11.5 Å². The van der Waals surface area contributed by atoms with Crippen LogP contribution in [0.3, 0.4) is 0 Å². The highest BCUT2D eigenvalue weighted by molar-refractivity contribution is 5.94. The van der Waals surface area contributed by atoms with Crippen LogP contribution in [0.5, 0.6) is 11.5 Å². The van der Waals surface area contributed by atoms with Gasteiger partial charge in [0.15, 0.2) is 0 Å². The third kappa shape index (κ3) is 5.50. The number of carbonyl (C=O) groups excluding carboxylic acids is 2. The van der Waals surface area contributed by atoms with E-state index in [2.05, 4.69) is 5.32 Å². The van der Waals surface area contributed by atoms with Crippen molar-refractivity contribution < 1.29 is 19.1 Å². The lowest BCUT2D eigenvalue weighted by Gasteiger charge is -2.31. The average Bonchev–Trinajstić information content (AvgIpc) is 2.76. The Kier molecular flexibility index (Phi) is 7.11. The monoisotopic (exact) mass is 396 g/mol. The molecule has 29 heavy (non-hydrogen) atoms. The smallest absolute Gasteiger partial charge is 0.227 e. The highest BCUT2D eigenvalue weighted by Crippen LogP contribution is 2.26. The Morgan fingerprint density at radius 2 is 1.76 bits per heavy atom. The SMILES string of the molecule is CCOc1ccccc1NC(=O)C1CCN(C(=O)Cc2ccc(OC)cc2)CC1. The standard InChI is InChI=1S/C23H28N2O4/c1-3-29-21-7-5-4-6-20(21)24-23(27)18-12-14-25(15-13-18)22(26)16-17-8-10-19(28-2)11-9-17/h4-11,18H,3,12-16H2,1-2H3,(H,24,27). The second kappa shape index (κ2) is 9.96. The molecule has 2 aromatic carbocycles. The van der Waals surface area contributed by atoms with Crippen LogP contribution < -0.4 is 14.8 Å². The molecule has 0 unspecified atom stereocenters. The maximum absolute atomic E-state index is 12.7. The minimum atomic E-state index is -0.102. The lowest BCUT2D eigenvalue weighted by molar-refractivity contribution is -0.133. The maximum Gasteiger partial charge on any atom is 0.227 e. The van der Waals surface area contributed by atoms with E-state index < -0.39 is 0 Å². The molecule has 0 radical (unpaired) electrons. The fraction of sp³-hybridized carbons (Fsp3) is 0.391. The Labute approximate surface area is 171 Å². The van der Waals surface area contributed by atoms with Crippen molar-refractivity contribution in [1.29, 1.82) is 0 Å². The molecule has 0 saturated carbocycles. The zero-order valence-electron chi connectivity index (χ0n) is 17.0. The van der Waals surface area contributed by atoms with Crippen molar-refractivity contribution in [3.63, 3.8) is 0 Å². The summed E-state index contributed by atoms with van der Waals surface area (Å²) in [7, 11) is 1.62. The number of ether oxygens (including phenoxy) is 2. The first-order valence-electron chi connectivity index (χ1n) is 10.0. The van der Waals surface area contributed by atoms with Crippen molar-refractivity contribution >= 4 is 17.5 Å². The molecular formula is C23H28N2O4. The third-order valence-corrected chi connectivity index (χ3v) is 5.18. The van der Waals surface area contributed by atoms with Gasteiger partial charge in [0.05, 0.1) is 25.8 Å². The second-order valence-corrected chi connectivity index (χ2v) is 7.10. The molecule has 1 N–H and O–H groups in total. The summed E-state index contributed by atoms with van der Waals surface area (Å²) in [5.41, 5.74) is 1.65. The summed E-state index contributed by atoms with van der Waals surface area (Å²) in [5, 5.41) is 2.98. The normalized spacial score (nSPS) is 14.3. The molecule has 1 fully saturated rings. The van der Waals surface area contributed by atoms with Gasteiger partial charge < -0.3 is 19.7 Å². The van der Waals surface area contributed by atoms with Crippen LogP contribution in [0, 0.1) is 5.92 Å². The number of benzene rings is 2. The Morgan fingerprint density at radius 1 is 1.07 bits per heavy atom. The molecule has 0 aliphatic carbocycles. The van der Waals surface area contributed by atoms with E-state index in [1.807, 2.05) is 60.4 Å². The summed E-state index contributed by atoms with van der Waals surface area (Å²) in [5.74, 6) is 1.43. The number of hydrogen-bond donors (Lipinski definition) is 1. The molecule has 0 bridgehead atoms. The number of methoxy groups -OCH3 is 1. The van der Waals surface area contributed by atoms with Crippen molar-refractivity contribution in [3.8, 4) is 11.5 Å². The Hall–Kier alpha value is -3.02. The van der Waals surface area contributed by atoms with E-state index in [0.29, 0.717) is 50.4 Å². The molecule has 0 aromatic heterocycles. The third-order valence-electron chi connectivity index (χ3n) is 5.18. The fourth-order valence-corrected chi connectivity index (χ4v) is 3.51. The van der Waals surface area contributed by atoms with Gasteiger partial charge in [0.25, 0.3) is 0 Å². The first kappa shape index (κ1) is 20.7. The molecule has 154 valence electrons. The van der Waals surface area contributed by atoms with Gasteiger partial charge in [0, 0.05) is 19.0 Å². The number of carbonyl (C=O) groups is 2. The molecule has 1 aliphatic heterocycles. The zero-order valence-corrected chi connectivity index (χ0v) is 17.0. The lowest BCUT2D eigenvalue weighted by atomic mass is 9.95. The van der Waals surface area contributed by atoms with Crippen LogP contribution in [0.25, 0.3) is 0 Å². The van der Waals surface area contributed by atoms with Crippen molar-refractivity contribution in [2.75, 3.05) is 32.1 Å². The molecule has 2 amide bonds. The number of likely N-dealkylation sites (tertiary alicyclic amines) is 1. The highest BCUT2D eigenvalue weighted by Gasteiger charge is 2.27. The second-order valence-electron chi connectivity index (χ2n) is 7.10. The summed E-state index contributed by atoms with van der Waals surface area (Å²) in [6.45, 7) is 3.65. The van der Waals surface area contributed by atoms with Gasteiger partial charge in [-0.1, -0.05) is 24.3 Å². The molecule has 6 nitrogen and oxygen atoms in total. The van der Waals surface area contributed by atoms with E-state index in [4.69, 9.17) is 9.47 Å². The number of piperidine rings is 1.